The van der Waals surface area contributed by atoms with E-state index in [2.05, 4.69) is 5.32 Å². The molecule has 0 aromatic rings. The SMILES string of the molecule is CCS(=O)(=O)CC1(NC)CCCCC1. The quantitative estimate of drug-likeness (QED) is 0.776. The van der Waals surface area contributed by atoms with E-state index < -0.39 is 9.84 Å². The molecule has 0 unspecified atom stereocenters. The molecule has 0 amide bonds. The van der Waals surface area contributed by atoms with Gasteiger partial charge < -0.3 is 5.32 Å². The Kier molecular flexibility index (Phi) is 3.95. The minimum absolute atomic E-state index is 0.132. The first-order chi connectivity index (χ1) is 6.54. The van der Waals surface area contributed by atoms with Gasteiger partial charge >= 0.3 is 0 Å². The molecule has 0 spiro atoms. The Morgan fingerprint density at radius 3 is 2.21 bits per heavy atom. The van der Waals surface area contributed by atoms with Gasteiger partial charge in [0.1, 0.15) is 0 Å². The van der Waals surface area contributed by atoms with E-state index in [1.54, 1.807) is 6.92 Å². The molecule has 1 saturated carbocycles. The van der Waals surface area contributed by atoms with Crippen molar-refractivity contribution >= 4 is 9.84 Å². The molecule has 0 aromatic carbocycles. The molecule has 0 radical (unpaired) electrons. The predicted molar refractivity (Wildman–Crippen MR) is 59.2 cm³/mol. The van der Waals surface area contributed by atoms with Crippen LogP contribution in [0.25, 0.3) is 0 Å². The van der Waals surface area contributed by atoms with Crippen LogP contribution in [-0.4, -0.2) is 32.5 Å². The maximum absolute atomic E-state index is 11.6. The molecule has 0 aliphatic heterocycles. The molecule has 1 N–H and O–H groups in total. The van der Waals surface area contributed by atoms with Crippen molar-refractivity contribution in [2.75, 3.05) is 18.6 Å². The summed E-state index contributed by atoms with van der Waals surface area (Å²) in [6, 6.07) is 0. The summed E-state index contributed by atoms with van der Waals surface area (Å²) >= 11 is 0. The van der Waals surface area contributed by atoms with Gasteiger partial charge in [0.2, 0.25) is 0 Å². The van der Waals surface area contributed by atoms with Gasteiger partial charge in [-0.25, -0.2) is 8.42 Å². The van der Waals surface area contributed by atoms with E-state index >= 15 is 0 Å². The Hall–Kier alpha value is -0.0900. The molecule has 1 aliphatic rings. The summed E-state index contributed by atoms with van der Waals surface area (Å²) in [7, 11) is -0.967. The van der Waals surface area contributed by atoms with Crippen LogP contribution in [0.2, 0.25) is 0 Å². The zero-order chi connectivity index (χ0) is 10.7. The molecule has 1 rings (SSSR count). The fourth-order valence-electron chi connectivity index (χ4n) is 2.22. The zero-order valence-electron chi connectivity index (χ0n) is 9.17. The third-order valence-electron chi connectivity index (χ3n) is 3.28. The largest absolute Gasteiger partial charge is 0.313 e. The van der Waals surface area contributed by atoms with Crippen molar-refractivity contribution in [2.24, 2.45) is 0 Å². The van der Waals surface area contributed by atoms with Crippen LogP contribution < -0.4 is 5.32 Å². The predicted octanol–water partition coefficient (Wildman–Crippen LogP) is 1.34. The highest BCUT2D eigenvalue weighted by atomic mass is 32.2. The molecule has 84 valence electrons. The molecule has 3 nitrogen and oxygen atoms in total. The van der Waals surface area contributed by atoms with Crippen LogP contribution in [0, 0.1) is 0 Å². The van der Waals surface area contributed by atoms with E-state index in [9.17, 15) is 8.42 Å². The summed E-state index contributed by atoms with van der Waals surface area (Å²) in [5, 5.41) is 3.23. The van der Waals surface area contributed by atoms with Gasteiger partial charge in [-0.3, -0.25) is 0 Å². The molecule has 0 heterocycles. The van der Waals surface area contributed by atoms with Crippen LogP contribution in [0.3, 0.4) is 0 Å². The lowest BCUT2D eigenvalue weighted by molar-refractivity contribution is 0.273. The molecular weight excluding hydrogens is 198 g/mol. The molecule has 14 heavy (non-hydrogen) atoms. The number of hydrogen-bond donors (Lipinski definition) is 1. The molecular formula is C10H21NO2S. The third kappa shape index (κ3) is 2.95. The molecule has 1 aliphatic carbocycles. The number of nitrogens with one attached hydrogen (secondary N) is 1. The summed E-state index contributed by atoms with van der Waals surface area (Å²) in [5.41, 5.74) is -0.132. The maximum Gasteiger partial charge on any atom is 0.151 e. The summed E-state index contributed by atoms with van der Waals surface area (Å²) in [4.78, 5) is 0. The zero-order valence-corrected chi connectivity index (χ0v) is 9.99. The van der Waals surface area contributed by atoms with E-state index in [0.717, 1.165) is 25.7 Å². The normalized spacial score (nSPS) is 22.1. The minimum atomic E-state index is -2.85. The molecule has 0 atom stereocenters. The van der Waals surface area contributed by atoms with Crippen LogP contribution in [0.15, 0.2) is 0 Å². The first-order valence-corrected chi connectivity index (χ1v) is 7.25. The number of rotatable bonds is 4. The summed E-state index contributed by atoms with van der Waals surface area (Å²) in [6.45, 7) is 1.72. The highest BCUT2D eigenvalue weighted by molar-refractivity contribution is 7.91. The second-order valence-electron chi connectivity index (χ2n) is 4.27. The van der Waals surface area contributed by atoms with Crippen molar-refractivity contribution in [3.8, 4) is 0 Å². The van der Waals surface area contributed by atoms with Gasteiger partial charge in [-0.2, -0.15) is 0 Å². The van der Waals surface area contributed by atoms with E-state index in [4.69, 9.17) is 0 Å². The van der Waals surface area contributed by atoms with Crippen molar-refractivity contribution in [3.05, 3.63) is 0 Å². The Morgan fingerprint density at radius 2 is 1.79 bits per heavy atom. The Morgan fingerprint density at radius 1 is 1.21 bits per heavy atom. The van der Waals surface area contributed by atoms with Gasteiger partial charge in [-0.05, 0) is 19.9 Å². The second-order valence-corrected chi connectivity index (χ2v) is 6.62. The average Bonchev–Trinajstić information content (AvgIpc) is 2.19. The lowest BCUT2D eigenvalue weighted by Gasteiger charge is -2.36. The molecule has 4 heteroatoms. The van der Waals surface area contributed by atoms with Gasteiger partial charge in [0.25, 0.3) is 0 Å². The summed E-state index contributed by atoms with van der Waals surface area (Å²) in [6.07, 6.45) is 5.56. The first-order valence-electron chi connectivity index (χ1n) is 5.43. The third-order valence-corrected chi connectivity index (χ3v) is 5.15. The van der Waals surface area contributed by atoms with Gasteiger partial charge in [-0.1, -0.05) is 26.2 Å². The highest BCUT2D eigenvalue weighted by Gasteiger charge is 2.34. The van der Waals surface area contributed by atoms with Crippen molar-refractivity contribution in [1.82, 2.24) is 5.32 Å². The Balaban J connectivity index is 2.70. The minimum Gasteiger partial charge on any atom is -0.313 e. The fraction of sp³-hybridized carbons (Fsp3) is 1.00. The van der Waals surface area contributed by atoms with Crippen LogP contribution in [0.4, 0.5) is 0 Å². The van der Waals surface area contributed by atoms with Gasteiger partial charge in [0, 0.05) is 11.3 Å². The van der Waals surface area contributed by atoms with Crippen LogP contribution in [0.1, 0.15) is 39.0 Å². The topological polar surface area (TPSA) is 46.2 Å². The maximum atomic E-state index is 11.6. The Bertz CT molecular complexity index is 266. The van der Waals surface area contributed by atoms with Crippen LogP contribution >= 0.6 is 0 Å². The van der Waals surface area contributed by atoms with E-state index in [1.807, 2.05) is 7.05 Å². The first kappa shape index (κ1) is 12.0. The van der Waals surface area contributed by atoms with Crippen molar-refractivity contribution in [3.63, 3.8) is 0 Å². The van der Waals surface area contributed by atoms with E-state index in [0.29, 0.717) is 5.75 Å². The molecule has 0 saturated heterocycles. The smallest absolute Gasteiger partial charge is 0.151 e. The summed E-state index contributed by atoms with van der Waals surface area (Å²) in [5.74, 6) is 0.573. The van der Waals surface area contributed by atoms with Gasteiger partial charge in [0.15, 0.2) is 9.84 Å². The van der Waals surface area contributed by atoms with E-state index in [-0.39, 0.29) is 11.3 Å². The summed E-state index contributed by atoms with van der Waals surface area (Å²) < 4.78 is 23.2. The Labute approximate surface area is 87.2 Å². The molecule has 0 bridgehead atoms. The number of sulfone groups is 1. The van der Waals surface area contributed by atoms with Crippen LogP contribution in [0.5, 0.6) is 0 Å². The van der Waals surface area contributed by atoms with Crippen molar-refractivity contribution in [2.45, 2.75) is 44.6 Å². The lowest BCUT2D eigenvalue weighted by atomic mass is 9.83. The monoisotopic (exact) mass is 219 g/mol. The van der Waals surface area contributed by atoms with E-state index in [1.165, 1.54) is 6.42 Å². The van der Waals surface area contributed by atoms with Crippen molar-refractivity contribution in [1.29, 1.82) is 0 Å². The van der Waals surface area contributed by atoms with Crippen molar-refractivity contribution < 1.29 is 8.42 Å². The average molecular weight is 219 g/mol. The lowest BCUT2D eigenvalue weighted by Crippen LogP contribution is -2.50. The van der Waals surface area contributed by atoms with Crippen LogP contribution in [-0.2, 0) is 9.84 Å². The molecule has 1 fully saturated rings. The van der Waals surface area contributed by atoms with Gasteiger partial charge in [-0.15, -0.1) is 0 Å². The fourth-order valence-corrected chi connectivity index (χ4v) is 3.70. The number of hydrogen-bond acceptors (Lipinski definition) is 3. The molecule has 0 aromatic heterocycles. The standard InChI is InChI=1S/C10H21NO2S/c1-3-14(12,13)9-10(11-2)7-5-4-6-8-10/h11H,3-9H2,1-2H3. The highest BCUT2D eigenvalue weighted by Crippen LogP contribution is 2.29. The van der Waals surface area contributed by atoms with Gasteiger partial charge in [0.05, 0.1) is 5.75 Å². The second kappa shape index (κ2) is 4.62.